The fourth-order valence-corrected chi connectivity index (χ4v) is 0.209. The minimum atomic E-state index is -0.144. The Labute approximate surface area is 41.6 Å². The van der Waals surface area contributed by atoms with Gasteiger partial charge in [-0.1, -0.05) is 7.43 Å². The maximum absolute atomic E-state index is 8.24. The van der Waals surface area contributed by atoms with Gasteiger partial charge in [0.25, 0.3) is 0 Å². The predicted octanol–water partition coefficient (Wildman–Crippen LogP) is 1.02. The lowest BCUT2D eigenvalue weighted by molar-refractivity contribution is 0.332. The van der Waals surface area contributed by atoms with E-state index in [1.807, 2.05) is 0 Å². The highest BCUT2D eigenvalue weighted by molar-refractivity contribution is 4.89. The van der Waals surface area contributed by atoms with Gasteiger partial charge in [-0.05, 0) is 0 Å². The standard InChI is InChI=1S/C3H3NO2.CH4/c5-3-1-4-2-6-3;/h1-2,5H;1H4. The third kappa shape index (κ3) is 1.26. The van der Waals surface area contributed by atoms with E-state index >= 15 is 0 Å². The second kappa shape index (κ2) is 2.23. The first-order valence-electron chi connectivity index (χ1n) is 1.47. The summed E-state index contributed by atoms with van der Waals surface area (Å²) in [6.45, 7) is 0. The Balaban J connectivity index is 0.000000360. The molecule has 0 saturated heterocycles. The molecule has 1 heterocycles. The Bertz CT molecular complexity index is 113. The molecule has 0 aliphatic rings. The van der Waals surface area contributed by atoms with Gasteiger partial charge in [0.2, 0.25) is 0 Å². The maximum Gasteiger partial charge on any atom is 0.302 e. The molecule has 0 fully saturated rings. The highest BCUT2D eigenvalue weighted by atomic mass is 16.5. The summed E-state index contributed by atoms with van der Waals surface area (Å²) in [5.74, 6) is -0.144. The van der Waals surface area contributed by atoms with Gasteiger partial charge in [-0.3, -0.25) is 0 Å². The average Bonchev–Trinajstić information content (AvgIpc) is 1.86. The molecule has 40 valence electrons. The van der Waals surface area contributed by atoms with Crippen molar-refractivity contribution < 1.29 is 9.52 Å². The molecule has 1 N–H and O–H groups in total. The second-order valence-electron chi connectivity index (χ2n) is 0.840. The van der Waals surface area contributed by atoms with E-state index in [1.165, 1.54) is 6.20 Å². The van der Waals surface area contributed by atoms with Crippen LogP contribution in [0.5, 0.6) is 5.95 Å². The van der Waals surface area contributed by atoms with E-state index in [0.29, 0.717) is 0 Å². The molecule has 0 amide bonds. The minimum absolute atomic E-state index is 0. The van der Waals surface area contributed by atoms with Crippen molar-refractivity contribution in [3.63, 3.8) is 0 Å². The monoisotopic (exact) mass is 101 g/mol. The first kappa shape index (κ1) is 6.01. The van der Waals surface area contributed by atoms with Crippen LogP contribution in [-0.4, -0.2) is 10.1 Å². The van der Waals surface area contributed by atoms with Gasteiger partial charge in [0, 0.05) is 0 Å². The second-order valence-corrected chi connectivity index (χ2v) is 0.840. The van der Waals surface area contributed by atoms with Crippen molar-refractivity contribution in [2.24, 2.45) is 0 Å². The van der Waals surface area contributed by atoms with Crippen LogP contribution in [0.15, 0.2) is 17.0 Å². The van der Waals surface area contributed by atoms with Crippen molar-refractivity contribution in [2.45, 2.75) is 7.43 Å². The van der Waals surface area contributed by atoms with Crippen LogP contribution in [0.2, 0.25) is 0 Å². The summed E-state index contributed by atoms with van der Waals surface area (Å²) in [4.78, 5) is 3.41. The minimum Gasteiger partial charge on any atom is -0.480 e. The Kier molecular flexibility index (Phi) is 1.91. The molecule has 0 unspecified atom stereocenters. The normalized spacial score (nSPS) is 7.43. The zero-order valence-electron chi connectivity index (χ0n) is 2.96. The van der Waals surface area contributed by atoms with Gasteiger partial charge >= 0.3 is 5.95 Å². The number of hydrogen-bond donors (Lipinski definition) is 1. The van der Waals surface area contributed by atoms with Crippen LogP contribution in [0.4, 0.5) is 0 Å². The number of aromatic nitrogens is 1. The van der Waals surface area contributed by atoms with Crippen LogP contribution in [-0.2, 0) is 0 Å². The number of nitrogens with zero attached hydrogens (tertiary/aromatic N) is 1. The van der Waals surface area contributed by atoms with Crippen LogP contribution in [0.25, 0.3) is 0 Å². The van der Waals surface area contributed by atoms with E-state index in [0.717, 1.165) is 6.39 Å². The molecule has 0 atom stereocenters. The average molecular weight is 101 g/mol. The molecule has 0 bridgehead atoms. The van der Waals surface area contributed by atoms with Gasteiger partial charge in [-0.15, -0.1) is 0 Å². The molecular formula is C4H7NO2. The fraction of sp³-hybridized carbons (Fsp3) is 0.250. The van der Waals surface area contributed by atoms with Crippen LogP contribution in [0, 0.1) is 0 Å². The highest BCUT2D eigenvalue weighted by Crippen LogP contribution is 2.00. The summed E-state index contributed by atoms with van der Waals surface area (Å²) in [5.41, 5.74) is 0. The Hall–Kier alpha value is -0.990. The van der Waals surface area contributed by atoms with Crippen molar-refractivity contribution in [1.82, 2.24) is 4.98 Å². The molecule has 0 spiro atoms. The van der Waals surface area contributed by atoms with E-state index in [4.69, 9.17) is 5.11 Å². The number of oxazole rings is 1. The molecule has 0 radical (unpaired) electrons. The van der Waals surface area contributed by atoms with Crippen molar-refractivity contribution >= 4 is 0 Å². The lowest BCUT2D eigenvalue weighted by Crippen LogP contribution is -1.44. The van der Waals surface area contributed by atoms with E-state index in [1.54, 1.807) is 0 Å². The zero-order valence-corrected chi connectivity index (χ0v) is 2.96. The predicted molar refractivity (Wildman–Crippen MR) is 24.9 cm³/mol. The SMILES string of the molecule is C.Oc1cnco1. The van der Waals surface area contributed by atoms with Crippen molar-refractivity contribution in [3.8, 4) is 5.95 Å². The summed E-state index contributed by atoms with van der Waals surface area (Å²) < 4.78 is 4.28. The molecule has 0 aromatic carbocycles. The summed E-state index contributed by atoms with van der Waals surface area (Å²) in [6, 6.07) is 0. The van der Waals surface area contributed by atoms with Crippen LogP contribution < -0.4 is 0 Å². The number of hydrogen-bond acceptors (Lipinski definition) is 3. The lowest BCUT2D eigenvalue weighted by Gasteiger charge is -1.67. The number of aromatic hydroxyl groups is 1. The van der Waals surface area contributed by atoms with Crippen molar-refractivity contribution in [2.75, 3.05) is 0 Å². The van der Waals surface area contributed by atoms with Crippen LogP contribution >= 0.6 is 0 Å². The van der Waals surface area contributed by atoms with E-state index in [9.17, 15) is 0 Å². The Morgan fingerprint density at radius 2 is 2.43 bits per heavy atom. The third-order valence-electron chi connectivity index (χ3n) is 0.419. The zero-order chi connectivity index (χ0) is 4.41. The maximum atomic E-state index is 8.24. The molecule has 1 aromatic heterocycles. The molecule has 1 aromatic rings. The van der Waals surface area contributed by atoms with Gasteiger partial charge in [0.1, 0.15) is 6.20 Å². The first-order valence-corrected chi connectivity index (χ1v) is 1.47. The fourth-order valence-electron chi connectivity index (χ4n) is 0.209. The third-order valence-corrected chi connectivity index (χ3v) is 0.419. The summed E-state index contributed by atoms with van der Waals surface area (Å²) in [5, 5.41) is 8.24. The molecule has 1 rings (SSSR count). The lowest BCUT2D eigenvalue weighted by atomic mass is 10.9. The highest BCUT2D eigenvalue weighted by Gasteiger charge is 1.81. The van der Waals surface area contributed by atoms with Gasteiger partial charge in [0.15, 0.2) is 6.39 Å². The number of rotatable bonds is 0. The largest absolute Gasteiger partial charge is 0.480 e. The molecule has 0 saturated carbocycles. The van der Waals surface area contributed by atoms with Gasteiger partial charge in [-0.25, -0.2) is 4.98 Å². The van der Waals surface area contributed by atoms with Gasteiger partial charge < -0.3 is 9.52 Å². The summed E-state index contributed by atoms with van der Waals surface area (Å²) in [6.07, 6.45) is 2.38. The molecule has 7 heavy (non-hydrogen) atoms. The summed E-state index contributed by atoms with van der Waals surface area (Å²) in [7, 11) is 0. The molecule has 3 nitrogen and oxygen atoms in total. The topological polar surface area (TPSA) is 46.3 Å². The smallest absolute Gasteiger partial charge is 0.302 e. The Morgan fingerprint density at radius 3 is 2.57 bits per heavy atom. The quantitative estimate of drug-likeness (QED) is 0.530. The molecule has 0 aliphatic carbocycles. The molecule has 3 heteroatoms. The van der Waals surface area contributed by atoms with E-state index < -0.39 is 0 Å². The molecular weight excluding hydrogens is 94.0 g/mol. The summed E-state index contributed by atoms with van der Waals surface area (Å²) >= 11 is 0. The first-order chi connectivity index (χ1) is 2.89. The van der Waals surface area contributed by atoms with Crippen LogP contribution in [0.3, 0.4) is 0 Å². The van der Waals surface area contributed by atoms with Gasteiger partial charge in [-0.2, -0.15) is 0 Å². The molecule has 0 aliphatic heterocycles. The van der Waals surface area contributed by atoms with Gasteiger partial charge in [0.05, 0.1) is 0 Å². The van der Waals surface area contributed by atoms with E-state index in [-0.39, 0.29) is 13.4 Å². The van der Waals surface area contributed by atoms with Crippen molar-refractivity contribution in [1.29, 1.82) is 0 Å². The van der Waals surface area contributed by atoms with Crippen molar-refractivity contribution in [3.05, 3.63) is 12.6 Å². The Morgan fingerprint density at radius 1 is 1.71 bits per heavy atom. The van der Waals surface area contributed by atoms with E-state index in [2.05, 4.69) is 9.40 Å². The van der Waals surface area contributed by atoms with Crippen LogP contribution in [0.1, 0.15) is 7.43 Å².